The minimum absolute atomic E-state index is 0.00144. The van der Waals surface area contributed by atoms with Crippen LogP contribution in [0.2, 0.25) is 5.02 Å². The third-order valence-corrected chi connectivity index (χ3v) is 6.95. The molecule has 158 valence electrons. The molecule has 0 unspecified atom stereocenters. The molecule has 0 saturated carbocycles. The number of hydrogen-bond donors (Lipinski definition) is 1. The van der Waals surface area contributed by atoms with Crippen LogP contribution in [0, 0.1) is 10.1 Å². The molecule has 8 nitrogen and oxygen atoms in total. The number of amides is 1. The Morgan fingerprint density at radius 3 is 2.53 bits per heavy atom. The molecule has 1 amide bonds. The number of nitrogens with one attached hydrogen (secondary N) is 1. The summed E-state index contributed by atoms with van der Waals surface area (Å²) in [4.78, 5) is 22.8. The van der Waals surface area contributed by atoms with Crippen molar-refractivity contribution in [1.29, 1.82) is 0 Å². The monoisotopic (exact) mass is 449 g/mol. The molecule has 10 heteroatoms. The molecule has 30 heavy (non-hydrogen) atoms. The molecule has 0 aliphatic carbocycles. The lowest BCUT2D eigenvalue weighted by atomic mass is 10.2. The van der Waals surface area contributed by atoms with Gasteiger partial charge in [0.15, 0.2) is 0 Å². The van der Waals surface area contributed by atoms with Gasteiger partial charge in [-0.05, 0) is 42.7 Å². The maximum atomic E-state index is 13.0. The molecule has 2 aromatic rings. The maximum Gasteiger partial charge on any atom is 0.288 e. The first-order chi connectivity index (χ1) is 14.3. The van der Waals surface area contributed by atoms with Crippen molar-refractivity contribution in [3.8, 4) is 0 Å². The summed E-state index contributed by atoms with van der Waals surface area (Å²) in [5, 5.41) is 13.6. The quantitative estimate of drug-likeness (QED) is 0.406. The van der Waals surface area contributed by atoms with Crippen molar-refractivity contribution in [3.05, 3.63) is 69.2 Å². The number of carbonyl (C=O) groups excluding carboxylic acids is 1. The number of nitrogens with zero attached hydrogens (tertiary/aromatic N) is 2. The van der Waals surface area contributed by atoms with Gasteiger partial charge in [-0.3, -0.25) is 14.9 Å². The van der Waals surface area contributed by atoms with Gasteiger partial charge in [0.2, 0.25) is 15.9 Å². The molecule has 2 aromatic carbocycles. The van der Waals surface area contributed by atoms with Crippen molar-refractivity contribution in [2.45, 2.75) is 24.2 Å². The van der Waals surface area contributed by atoms with Gasteiger partial charge in [-0.25, -0.2) is 8.42 Å². The van der Waals surface area contributed by atoms with Crippen molar-refractivity contribution >= 4 is 45.0 Å². The Morgan fingerprint density at radius 1 is 1.13 bits per heavy atom. The molecule has 0 radical (unpaired) electrons. The molecule has 0 aromatic heterocycles. The van der Waals surface area contributed by atoms with Gasteiger partial charge in [-0.1, -0.05) is 36.2 Å². The fourth-order valence-electron chi connectivity index (χ4n) is 3.16. The predicted molar refractivity (Wildman–Crippen MR) is 115 cm³/mol. The molecular weight excluding hydrogens is 430 g/mol. The number of sulfonamides is 1. The topological polar surface area (TPSA) is 110 Å². The molecule has 1 aliphatic rings. The zero-order valence-electron chi connectivity index (χ0n) is 16.0. The number of piperidine rings is 1. The second-order valence-electron chi connectivity index (χ2n) is 6.75. The first kappa shape index (κ1) is 21.9. The molecule has 1 aliphatic heterocycles. The van der Waals surface area contributed by atoms with Crippen LogP contribution >= 0.6 is 11.6 Å². The third kappa shape index (κ3) is 5.05. The van der Waals surface area contributed by atoms with E-state index in [2.05, 4.69) is 5.32 Å². The normalized spacial score (nSPS) is 15.2. The number of halogens is 1. The molecule has 0 bridgehead atoms. The highest BCUT2D eigenvalue weighted by atomic mass is 35.5. The number of nitro benzene ring substituents is 1. The van der Waals surface area contributed by atoms with E-state index in [9.17, 15) is 23.3 Å². The standard InChI is InChI=1S/C20H20ClN3O5S/c21-16-10-8-15(14-18(16)24(26)27)9-11-20(25)22-17-6-2-3-7-19(17)30(28,29)23-12-4-1-5-13-23/h2-3,6-11,14H,1,4-5,12-13H2,(H,22,25). The molecule has 1 N–H and O–H groups in total. The number of para-hydroxylation sites is 1. The number of hydrogen-bond acceptors (Lipinski definition) is 5. The van der Waals surface area contributed by atoms with Crippen LogP contribution < -0.4 is 5.32 Å². The van der Waals surface area contributed by atoms with Gasteiger partial charge in [-0.2, -0.15) is 4.31 Å². The van der Waals surface area contributed by atoms with Crippen LogP contribution in [0.1, 0.15) is 24.8 Å². The average molecular weight is 450 g/mol. The number of rotatable bonds is 6. The second kappa shape index (κ2) is 9.38. The summed E-state index contributed by atoms with van der Waals surface area (Å²) in [5.74, 6) is -0.561. The Kier molecular flexibility index (Phi) is 6.86. The average Bonchev–Trinajstić information content (AvgIpc) is 2.74. The molecule has 1 heterocycles. The molecule has 0 spiro atoms. The fraction of sp³-hybridized carbons (Fsp3) is 0.250. The van der Waals surface area contributed by atoms with E-state index in [1.165, 1.54) is 46.8 Å². The van der Waals surface area contributed by atoms with E-state index in [0.717, 1.165) is 19.3 Å². The Morgan fingerprint density at radius 2 is 1.83 bits per heavy atom. The molecule has 1 fully saturated rings. The van der Waals surface area contributed by atoms with Gasteiger partial charge in [-0.15, -0.1) is 0 Å². The summed E-state index contributed by atoms with van der Waals surface area (Å²) in [6, 6.07) is 10.4. The van der Waals surface area contributed by atoms with Crippen molar-refractivity contribution in [3.63, 3.8) is 0 Å². The SMILES string of the molecule is O=C(C=Cc1ccc(Cl)c([N+](=O)[O-])c1)Nc1ccccc1S(=O)(=O)N1CCCCC1. The van der Waals surface area contributed by atoms with Crippen LogP contribution in [-0.2, 0) is 14.8 Å². The third-order valence-electron chi connectivity index (χ3n) is 4.67. The van der Waals surface area contributed by atoms with Gasteiger partial charge < -0.3 is 5.32 Å². The minimum atomic E-state index is -3.72. The van der Waals surface area contributed by atoms with Crippen molar-refractivity contribution in [2.24, 2.45) is 0 Å². The summed E-state index contributed by atoms with van der Waals surface area (Å²) in [7, 11) is -3.72. The molecule has 3 rings (SSSR count). The highest BCUT2D eigenvalue weighted by Gasteiger charge is 2.28. The van der Waals surface area contributed by atoms with Crippen molar-refractivity contribution in [1.82, 2.24) is 4.31 Å². The Hall–Kier alpha value is -2.75. The van der Waals surface area contributed by atoms with E-state index in [-0.39, 0.29) is 21.3 Å². The maximum absolute atomic E-state index is 13.0. The first-order valence-corrected chi connectivity index (χ1v) is 11.1. The lowest BCUT2D eigenvalue weighted by Crippen LogP contribution is -2.36. The summed E-state index contributed by atoms with van der Waals surface area (Å²) in [5.41, 5.74) is 0.326. The van der Waals surface area contributed by atoms with Crippen LogP contribution in [0.5, 0.6) is 0 Å². The number of carbonyl (C=O) groups is 1. The fourth-order valence-corrected chi connectivity index (χ4v) is 5.01. The van der Waals surface area contributed by atoms with Gasteiger partial charge in [0.1, 0.15) is 9.92 Å². The summed E-state index contributed by atoms with van der Waals surface area (Å²) in [6.07, 6.45) is 5.18. The molecular formula is C20H20ClN3O5S. The number of anilines is 1. The van der Waals surface area contributed by atoms with Gasteiger partial charge in [0, 0.05) is 25.2 Å². The predicted octanol–water partition coefficient (Wildman–Crippen LogP) is 4.07. The van der Waals surface area contributed by atoms with Gasteiger partial charge in [0.25, 0.3) is 5.69 Å². The van der Waals surface area contributed by atoms with E-state index in [1.807, 2.05) is 0 Å². The Bertz CT molecular complexity index is 1100. The lowest BCUT2D eigenvalue weighted by Gasteiger charge is -2.26. The Labute approximate surface area is 179 Å². The zero-order valence-corrected chi connectivity index (χ0v) is 17.5. The highest BCUT2D eigenvalue weighted by molar-refractivity contribution is 7.89. The lowest BCUT2D eigenvalue weighted by molar-refractivity contribution is -0.384. The largest absolute Gasteiger partial charge is 0.321 e. The van der Waals surface area contributed by atoms with Crippen LogP contribution in [0.3, 0.4) is 0 Å². The second-order valence-corrected chi connectivity index (χ2v) is 9.07. The molecule has 1 saturated heterocycles. The smallest absolute Gasteiger partial charge is 0.288 e. The van der Waals surface area contributed by atoms with Crippen molar-refractivity contribution in [2.75, 3.05) is 18.4 Å². The van der Waals surface area contributed by atoms with Gasteiger partial charge >= 0.3 is 0 Å². The van der Waals surface area contributed by atoms with E-state index in [0.29, 0.717) is 18.7 Å². The summed E-state index contributed by atoms with van der Waals surface area (Å²) in [6.45, 7) is 0.916. The van der Waals surface area contributed by atoms with E-state index < -0.39 is 20.9 Å². The number of benzene rings is 2. The first-order valence-electron chi connectivity index (χ1n) is 9.31. The Balaban J connectivity index is 1.79. The van der Waals surface area contributed by atoms with E-state index >= 15 is 0 Å². The van der Waals surface area contributed by atoms with Crippen molar-refractivity contribution < 1.29 is 18.1 Å². The number of nitro groups is 1. The molecule has 0 atom stereocenters. The van der Waals surface area contributed by atoms with Crippen LogP contribution in [0.15, 0.2) is 53.4 Å². The van der Waals surface area contributed by atoms with Crippen LogP contribution in [0.4, 0.5) is 11.4 Å². The summed E-state index contributed by atoms with van der Waals surface area (Å²) < 4.78 is 27.4. The van der Waals surface area contributed by atoms with E-state index in [4.69, 9.17) is 11.6 Å². The van der Waals surface area contributed by atoms with Gasteiger partial charge in [0.05, 0.1) is 10.6 Å². The van der Waals surface area contributed by atoms with E-state index in [1.54, 1.807) is 12.1 Å². The zero-order chi connectivity index (χ0) is 21.7. The highest BCUT2D eigenvalue weighted by Crippen LogP contribution is 2.27. The van der Waals surface area contributed by atoms with Crippen LogP contribution in [-0.4, -0.2) is 36.6 Å². The minimum Gasteiger partial charge on any atom is -0.321 e. The summed E-state index contributed by atoms with van der Waals surface area (Å²) >= 11 is 5.78. The van der Waals surface area contributed by atoms with Crippen LogP contribution in [0.25, 0.3) is 6.08 Å².